The van der Waals surface area contributed by atoms with Crippen LogP contribution in [0.3, 0.4) is 0 Å². The fourth-order valence-corrected chi connectivity index (χ4v) is 4.48. The zero-order valence-electron chi connectivity index (χ0n) is 20.0. The number of unbranched alkanes of at least 4 members (excludes halogenated alkanes) is 1. The first kappa shape index (κ1) is 25.3. The Balaban J connectivity index is 1.63. The molecule has 3 N–H and O–H groups in total. The van der Waals surface area contributed by atoms with Crippen LogP contribution < -0.4 is 10.6 Å². The number of amides is 2. The van der Waals surface area contributed by atoms with Crippen LogP contribution in [0.25, 0.3) is 11.1 Å². The fraction of sp³-hybridized carbons (Fsp3) is 0.444. The Morgan fingerprint density at radius 2 is 1.56 bits per heavy atom. The number of fused-ring (bicyclic) bond motifs is 3. The average Bonchev–Trinajstić information content (AvgIpc) is 3.12. The molecule has 7 nitrogen and oxygen atoms in total. The topological polar surface area (TPSA) is 105 Å². The van der Waals surface area contributed by atoms with Crippen LogP contribution in [-0.2, 0) is 14.3 Å². The molecule has 2 atom stereocenters. The van der Waals surface area contributed by atoms with Gasteiger partial charge in [0.15, 0.2) is 0 Å². The highest BCUT2D eigenvalue weighted by Gasteiger charge is 2.31. The summed E-state index contributed by atoms with van der Waals surface area (Å²) < 4.78 is 5.58. The number of hydrogen-bond donors (Lipinski definition) is 3. The molecule has 0 aromatic heterocycles. The Bertz CT molecular complexity index is 974. The van der Waals surface area contributed by atoms with Gasteiger partial charge in [-0.3, -0.25) is 9.59 Å². The molecular formula is C27H34N2O5. The summed E-state index contributed by atoms with van der Waals surface area (Å²) in [5.74, 6) is -1.63. The van der Waals surface area contributed by atoms with Crippen LogP contribution in [0.1, 0.15) is 63.5 Å². The highest BCUT2D eigenvalue weighted by molar-refractivity contribution is 5.86. The Morgan fingerprint density at radius 1 is 0.971 bits per heavy atom. The van der Waals surface area contributed by atoms with E-state index < -0.39 is 30.1 Å². The molecule has 1 aliphatic rings. The molecule has 7 heteroatoms. The number of hydrogen-bond acceptors (Lipinski definition) is 4. The summed E-state index contributed by atoms with van der Waals surface area (Å²) in [6.45, 7) is 5.82. The third kappa shape index (κ3) is 6.16. The Labute approximate surface area is 200 Å². The van der Waals surface area contributed by atoms with Crippen molar-refractivity contribution in [1.82, 2.24) is 10.6 Å². The number of carboxylic acid groups (broad SMARTS) is 1. The minimum atomic E-state index is -0.966. The number of aliphatic carboxylic acids is 1. The maximum absolute atomic E-state index is 12.9. The number of carbonyl (C=O) groups excluding carboxylic acids is 2. The molecule has 182 valence electrons. The van der Waals surface area contributed by atoms with Crippen molar-refractivity contribution in [2.75, 3.05) is 6.61 Å². The molecule has 0 saturated heterocycles. The van der Waals surface area contributed by atoms with Gasteiger partial charge in [0.2, 0.25) is 5.91 Å². The minimum Gasteiger partial charge on any atom is -0.481 e. The second-order valence-electron chi connectivity index (χ2n) is 9.14. The summed E-state index contributed by atoms with van der Waals surface area (Å²) in [4.78, 5) is 36.7. The van der Waals surface area contributed by atoms with Crippen LogP contribution in [0.5, 0.6) is 0 Å². The van der Waals surface area contributed by atoms with Crippen LogP contribution in [-0.4, -0.2) is 41.8 Å². The lowest BCUT2D eigenvalue weighted by atomic mass is 9.98. The Morgan fingerprint density at radius 3 is 2.09 bits per heavy atom. The lowest BCUT2D eigenvalue weighted by Crippen LogP contribution is -2.52. The van der Waals surface area contributed by atoms with Gasteiger partial charge in [0.25, 0.3) is 0 Å². The van der Waals surface area contributed by atoms with Gasteiger partial charge in [-0.05, 0) is 34.6 Å². The van der Waals surface area contributed by atoms with Crippen molar-refractivity contribution < 1.29 is 24.2 Å². The number of alkyl carbamates (subject to hydrolysis) is 1. The molecule has 0 unspecified atom stereocenters. The second kappa shape index (κ2) is 11.7. The monoisotopic (exact) mass is 466 g/mol. The fourth-order valence-electron chi connectivity index (χ4n) is 4.48. The van der Waals surface area contributed by atoms with Gasteiger partial charge in [0, 0.05) is 12.0 Å². The van der Waals surface area contributed by atoms with E-state index >= 15 is 0 Å². The molecule has 0 saturated carbocycles. The summed E-state index contributed by atoms with van der Waals surface area (Å²) in [7, 11) is 0. The van der Waals surface area contributed by atoms with Gasteiger partial charge in [0.05, 0.1) is 6.42 Å². The quantitative estimate of drug-likeness (QED) is 0.445. The van der Waals surface area contributed by atoms with Crippen LogP contribution in [0.15, 0.2) is 48.5 Å². The largest absolute Gasteiger partial charge is 0.481 e. The van der Waals surface area contributed by atoms with Crippen molar-refractivity contribution in [3.05, 3.63) is 59.7 Å². The highest BCUT2D eigenvalue weighted by Crippen LogP contribution is 2.44. The maximum atomic E-state index is 12.9. The van der Waals surface area contributed by atoms with Gasteiger partial charge in [-0.2, -0.15) is 0 Å². The number of rotatable bonds is 11. The number of carbonyl (C=O) groups is 3. The molecule has 0 fully saturated rings. The summed E-state index contributed by atoms with van der Waals surface area (Å²) in [5, 5.41) is 14.6. The van der Waals surface area contributed by atoms with Gasteiger partial charge in [-0.15, -0.1) is 0 Å². The van der Waals surface area contributed by atoms with E-state index in [-0.39, 0.29) is 24.9 Å². The van der Waals surface area contributed by atoms with Gasteiger partial charge >= 0.3 is 12.1 Å². The maximum Gasteiger partial charge on any atom is 0.407 e. The molecule has 1 aliphatic carbocycles. The van der Waals surface area contributed by atoms with E-state index in [4.69, 9.17) is 9.84 Å². The molecule has 0 bridgehead atoms. The van der Waals surface area contributed by atoms with Crippen molar-refractivity contribution in [2.24, 2.45) is 5.92 Å². The van der Waals surface area contributed by atoms with Crippen LogP contribution in [0.2, 0.25) is 0 Å². The zero-order chi connectivity index (χ0) is 24.7. The van der Waals surface area contributed by atoms with Gasteiger partial charge in [-0.1, -0.05) is 82.1 Å². The van der Waals surface area contributed by atoms with Gasteiger partial charge < -0.3 is 20.5 Å². The van der Waals surface area contributed by atoms with Crippen molar-refractivity contribution in [1.29, 1.82) is 0 Å². The molecule has 3 rings (SSSR count). The third-order valence-corrected chi connectivity index (χ3v) is 6.24. The lowest BCUT2D eigenvalue weighted by Gasteiger charge is -2.25. The first-order chi connectivity index (χ1) is 16.3. The molecule has 0 spiro atoms. The SMILES string of the molecule is CCCC[C@@H](CC(=O)O)NC(=O)[C@H](NC(=O)OCC1c2ccccc2-c2ccccc21)C(C)C. The summed E-state index contributed by atoms with van der Waals surface area (Å²) in [6, 6.07) is 14.9. The van der Waals surface area contributed by atoms with E-state index in [0.29, 0.717) is 6.42 Å². The van der Waals surface area contributed by atoms with Crippen molar-refractivity contribution in [3.63, 3.8) is 0 Å². The Hall–Kier alpha value is -3.35. The van der Waals surface area contributed by atoms with E-state index in [1.165, 1.54) is 0 Å². The van der Waals surface area contributed by atoms with Gasteiger partial charge in [-0.25, -0.2) is 4.79 Å². The highest BCUT2D eigenvalue weighted by atomic mass is 16.5. The average molecular weight is 467 g/mol. The molecule has 0 aliphatic heterocycles. The summed E-state index contributed by atoms with van der Waals surface area (Å²) in [6.07, 6.45) is 1.47. The Kier molecular flexibility index (Phi) is 8.68. The van der Waals surface area contributed by atoms with Crippen molar-refractivity contribution >= 4 is 18.0 Å². The molecular weight excluding hydrogens is 432 g/mol. The summed E-state index contributed by atoms with van der Waals surface area (Å²) in [5.41, 5.74) is 4.51. The first-order valence-electron chi connectivity index (χ1n) is 12.0. The molecule has 2 amide bonds. The molecule has 2 aromatic rings. The predicted molar refractivity (Wildman–Crippen MR) is 131 cm³/mol. The van der Waals surface area contributed by atoms with E-state index in [1.807, 2.05) is 57.2 Å². The smallest absolute Gasteiger partial charge is 0.407 e. The van der Waals surface area contributed by atoms with Gasteiger partial charge in [0.1, 0.15) is 12.6 Å². The van der Waals surface area contributed by atoms with Crippen LogP contribution >= 0.6 is 0 Å². The summed E-state index contributed by atoms with van der Waals surface area (Å²) >= 11 is 0. The lowest BCUT2D eigenvalue weighted by molar-refractivity contribution is -0.137. The normalized spacial score (nSPS) is 14.1. The second-order valence-corrected chi connectivity index (χ2v) is 9.14. The number of ether oxygens (including phenoxy) is 1. The molecule has 0 radical (unpaired) electrons. The predicted octanol–water partition coefficient (Wildman–Crippen LogP) is 4.70. The van der Waals surface area contributed by atoms with E-state index in [2.05, 4.69) is 22.8 Å². The molecule has 2 aromatic carbocycles. The molecule has 0 heterocycles. The zero-order valence-corrected chi connectivity index (χ0v) is 20.0. The number of benzene rings is 2. The third-order valence-electron chi connectivity index (χ3n) is 6.24. The minimum absolute atomic E-state index is 0.0709. The van der Waals surface area contributed by atoms with E-state index in [9.17, 15) is 14.4 Å². The van der Waals surface area contributed by atoms with E-state index in [1.54, 1.807) is 0 Å². The van der Waals surface area contributed by atoms with Crippen LogP contribution in [0, 0.1) is 5.92 Å². The van der Waals surface area contributed by atoms with Crippen LogP contribution in [0.4, 0.5) is 4.79 Å². The van der Waals surface area contributed by atoms with Crippen molar-refractivity contribution in [3.8, 4) is 11.1 Å². The number of nitrogens with one attached hydrogen (secondary N) is 2. The molecule has 34 heavy (non-hydrogen) atoms. The number of carboxylic acids is 1. The standard InChI is InChI=1S/C27H34N2O5/c1-4-5-10-18(15-24(30)31)28-26(32)25(17(2)3)29-27(33)34-16-23-21-13-8-6-11-19(21)20-12-7-9-14-22(20)23/h6-9,11-14,17-18,23,25H,4-5,10,15-16H2,1-3H3,(H,28,32)(H,29,33)(H,30,31)/t18-,25+/m0/s1. The first-order valence-corrected chi connectivity index (χ1v) is 12.0. The van der Waals surface area contributed by atoms with Crippen molar-refractivity contribution in [2.45, 2.75) is 64.5 Å². The van der Waals surface area contributed by atoms with E-state index in [0.717, 1.165) is 35.1 Å².